The molecular weight excluding hydrogens is 236 g/mol. The summed E-state index contributed by atoms with van der Waals surface area (Å²) in [7, 11) is 0. The van der Waals surface area contributed by atoms with E-state index in [2.05, 4.69) is 35.8 Å². The second kappa shape index (κ2) is 5.49. The van der Waals surface area contributed by atoms with E-state index in [9.17, 15) is 0 Å². The van der Waals surface area contributed by atoms with Crippen molar-refractivity contribution in [3.63, 3.8) is 0 Å². The van der Waals surface area contributed by atoms with Crippen molar-refractivity contribution < 1.29 is 4.42 Å². The normalized spacial score (nSPS) is 15.6. The maximum atomic E-state index is 5.42. The van der Waals surface area contributed by atoms with Gasteiger partial charge in [-0.05, 0) is 43.0 Å². The van der Waals surface area contributed by atoms with E-state index >= 15 is 0 Å². The molecule has 1 aromatic heterocycles. The number of rotatable bonds is 4. The number of hydrogen-bond donors (Lipinski definition) is 2. The van der Waals surface area contributed by atoms with E-state index in [0.29, 0.717) is 0 Å². The summed E-state index contributed by atoms with van der Waals surface area (Å²) in [6.45, 7) is 4.07. The van der Waals surface area contributed by atoms with E-state index in [1.807, 2.05) is 12.1 Å². The van der Waals surface area contributed by atoms with Gasteiger partial charge in [0.2, 0.25) is 0 Å². The van der Waals surface area contributed by atoms with Gasteiger partial charge in [0.1, 0.15) is 5.76 Å². The third kappa shape index (κ3) is 2.66. The Morgan fingerprint density at radius 3 is 3.11 bits per heavy atom. The van der Waals surface area contributed by atoms with E-state index in [1.54, 1.807) is 6.26 Å². The summed E-state index contributed by atoms with van der Waals surface area (Å²) < 4.78 is 5.42. The second-order valence-electron chi connectivity index (χ2n) is 5.10. The SMILES string of the molecule is C[C@@H](NCc1cccc2c1NCCC2)c1ccco1. The highest BCUT2D eigenvalue weighted by atomic mass is 16.3. The van der Waals surface area contributed by atoms with Crippen molar-refractivity contribution in [1.82, 2.24) is 5.32 Å². The van der Waals surface area contributed by atoms with Gasteiger partial charge >= 0.3 is 0 Å². The van der Waals surface area contributed by atoms with Crippen LogP contribution in [-0.2, 0) is 13.0 Å². The monoisotopic (exact) mass is 256 g/mol. The van der Waals surface area contributed by atoms with Crippen LogP contribution in [0.2, 0.25) is 0 Å². The molecule has 3 nitrogen and oxygen atoms in total. The molecule has 3 rings (SSSR count). The van der Waals surface area contributed by atoms with Crippen molar-refractivity contribution in [1.29, 1.82) is 0 Å². The van der Waals surface area contributed by atoms with Gasteiger partial charge in [-0.1, -0.05) is 18.2 Å². The molecule has 2 aromatic rings. The fraction of sp³-hybridized carbons (Fsp3) is 0.375. The van der Waals surface area contributed by atoms with E-state index in [-0.39, 0.29) is 6.04 Å². The lowest BCUT2D eigenvalue weighted by Gasteiger charge is -2.22. The number of nitrogens with one attached hydrogen (secondary N) is 2. The van der Waals surface area contributed by atoms with Crippen LogP contribution in [0.25, 0.3) is 0 Å². The standard InChI is InChI=1S/C16H20N2O/c1-12(15-8-4-10-19-15)18-11-14-6-2-5-13-7-3-9-17-16(13)14/h2,4-6,8,10,12,17-18H,3,7,9,11H2,1H3/t12-/m1/s1. The molecule has 0 saturated heterocycles. The number of fused-ring (bicyclic) bond motifs is 1. The van der Waals surface area contributed by atoms with E-state index in [1.165, 1.54) is 29.7 Å². The second-order valence-corrected chi connectivity index (χ2v) is 5.10. The third-order valence-electron chi connectivity index (χ3n) is 3.73. The minimum atomic E-state index is 0.231. The highest BCUT2D eigenvalue weighted by Crippen LogP contribution is 2.26. The Morgan fingerprint density at radius 2 is 2.26 bits per heavy atom. The van der Waals surface area contributed by atoms with Gasteiger partial charge in [0.25, 0.3) is 0 Å². The molecule has 0 amide bonds. The molecule has 100 valence electrons. The predicted octanol–water partition coefficient (Wildman–Crippen LogP) is 3.49. The van der Waals surface area contributed by atoms with Gasteiger partial charge in [-0.15, -0.1) is 0 Å². The molecular formula is C16H20N2O. The molecule has 0 unspecified atom stereocenters. The van der Waals surface area contributed by atoms with Crippen molar-refractivity contribution in [3.05, 3.63) is 53.5 Å². The first-order valence-corrected chi connectivity index (χ1v) is 6.96. The molecule has 0 aliphatic carbocycles. The van der Waals surface area contributed by atoms with Gasteiger partial charge in [0.15, 0.2) is 0 Å². The molecule has 0 saturated carbocycles. The van der Waals surface area contributed by atoms with Crippen LogP contribution in [-0.4, -0.2) is 6.54 Å². The van der Waals surface area contributed by atoms with Gasteiger partial charge in [0, 0.05) is 18.8 Å². The molecule has 2 N–H and O–H groups in total. The lowest BCUT2D eigenvalue weighted by atomic mass is 9.99. The van der Waals surface area contributed by atoms with Crippen LogP contribution < -0.4 is 10.6 Å². The van der Waals surface area contributed by atoms with Crippen molar-refractivity contribution in [2.24, 2.45) is 0 Å². The van der Waals surface area contributed by atoms with Crippen molar-refractivity contribution in [3.8, 4) is 0 Å². The highest BCUT2D eigenvalue weighted by Gasteiger charge is 2.13. The Labute approximate surface area is 114 Å². The molecule has 3 heteroatoms. The van der Waals surface area contributed by atoms with Gasteiger partial charge in [-0.2, -0.15) is 0 Å². The summed E-state index contributed by atoms with van der Waals surface area (Å²) >= 11 is 0. The first-order valence-electron chi connectivity index (χ1n) is 6.96. The molecule has 2 heterocycles. The van der Waals surface area contributed by atoms with Crippen molar-refractivity contribution in [2.45, 2.75) is 32.4 Å². The molecule has 1 aromatic carbocycles. The third-order valence-corrected chi connectivity index (χ3v) is 3.73. The van der Waals surface area contributed by atoms with E-state index in [4.69, 9.17) is 4.42 Å². The zero-order chi connectivity index (χ0) is 13.1. The summed E-state index contributed by atoms with van der Waals surface area (Å²) in [4.78, 5) is 0. The molecule has 1 aliphatic heterocycles. The maximum Gasteiger partial charge on any atom is 0.120 e. The van der Waals surface area contributed by atoms with E-state index in [0.717, 1.165) is 18.8 Å². The lowest BCUT2D eigenvalue weighted by Crippen LogP contribution is -2.20. The van der Waals surface area contributed by atoms with Gasteiger partial charge in [-0.3, -0.25) is 0 Å². The fourth-order valence-corrected chi connectivity index (χ4v) is 2.63. The fourth-order valence-electron chi connectivity index (χ4n) is 2.63. The Kier molecular flexibility index (Phi) is 3.56. The topological polar surface area (TPSA) is 37.2 Å². The lowest BCUT2D eigenvalue weighted by molar-refractivity contribution is 0.430. The Morgan fingerprint density at radius 1 is 1.32 bits per heavy atom. The Bertz CT molecular complexity index is 534. The number of hydrogen-bond acceptors (Lipinski definition) is 3. The molecule has 1 atom stereocenters. The van der Waals surface area contributed by atoms with Crippen LogP contribution >= 0.6 is 0 Å². The molecule has 1 aliphatic rings. The van der Waals surface area contributed by atoms with Gasteiger partial charge in [0.05, 0.1) is 12.3 Å². The van der Waals surface area contributed by atoms with Gasteiger partial charge < -0.3 is 15.1 Å². The molecule has 0 fully saturated rings. The van der Waals surface area contributed by atoms with Crippen molar-refractivity contribution in [2.75, 3.05) is 11.9 Å². The van der Waals surface area contributed by atoms with Crippen LogP contribution in [0.4, 0.5) is 5.69 Å². The van der Waals surface area contributed by atoms with E-state index < -0.39 is 0 Å². The average Bonchev–Trinajstić information content (AvgIpc) is 2.99. The van der Waals surface area contributed by atoms with Crippen LogP contribution in [0, 0.1) is 0 Å². The van der Waals surface area contributed by atoms with Crippen LogP contribution in [0.15, 0.2) is 41.0 Å². The predicted molar refractivity (Wildman–Crippen MR) is 77.2 cm³/mol. The van der Waals surface area contributed by atoms with Crippen LogP contribution in [0.3, 0.4) is 0 Å². The smallest absolute Gasteiger partial charge is 0.120 e. The zero-order valence-electron chi connectivity index (χ0n) is 11.3. The number of para-hydroxylation sites is 1. The first kappa shape index (κ1) is 12.3. The van der Waals surface area contributed by atoms with Crippen molar-refractivity contribution >= 4 is 5.69 Å². The average molecular weight is 256 g/mol. The minimum Gasteiger partial charge on any atom is -0.468 e. The molecule has 0 spiro atoms. The molecule has 0 radical (unpaired) electrons. The maximum absolute atomic E-state index is 5.42. The largest absolute Gasteiger partial charge is 0.468 e. The number of aryl methyl sites for hydroxylation is 1. The first-order chi connectivity index (χ1) is 9.34. The summed E-state index contributed by atoms with van der Waals surface area (Å²) in [6.07, 6.45) is 4.13. The molecule has 0 bridgehead atoms. The number of benzene rings is 1. The Hall–Kier alpha value is -1.74. The van der Waals surface area contributed by atoms with Crippen LogP contribution in [0.1, 0.15) is 36.3 Å². The summed E-state index contributed by atoms with van der Waals surface area (Å²) in [6, 6.07) is 10.7. The molecule has 19 heavy (non-hydrogen) atoms. The quantitative estimate of drug-likeness (QED) is 0.879. The summed E-state index contributed by atoms with van der Waals surface area (Å²) in [5.41, 5.74) is 4.11. The Balaban J connectivity index is 1.70. The van der Waals surface area contributed by atoms with Gasteiger partial charge in [-0.25, -0.2) is 0 Å². The number of anilines is 1. The van der Waals surface area contributed by atoms with Crippen LogP contribution in [0.5, 0.6) is 0 Å². The zero-order valence-corrected chi connectivity index (χ0v) is 11.3. The highest BCUT2D eigenvalue weighted by molar-refractivity contribution is 5.59. The number of furan rings is 1. The summed E-state index contributed by atoms with van der Waals surface area (Å²) in [5, 5.41) is 7.04. The summed E-state index contributed by atoms with van der Waals surface area (Å²) in [5.74, 6) is 0.984. The minimum absolute atomic E-state index is 0.231.